The molecular formula is C13H12F2N2O. The highest BCUT2D eigenvalue weighted by Gasteiger charge is 2.03. The number of hydrogen-bond donors (Lipinski definition) is 1. The third kappa shape index (κ3) is 2.94. The zero-order valence-electron chi connectivity index (χ0n) is 9.78. The second-order valence-corrected chi connectivity index (χ2v) is 3.69. The lowest BCUT2D eigenvalue weighted by molar-refractivity contribution is 0.386. The minimum absolute atomic E-state index is 0.210. The van der Waals surface area contributed by atoms with Gasteiger partial charge in [0.25, 0.3) is 0 Å². The van der Waals surface area contributed by atoms with Crippen molar-refractivity contribution < 1.29 is 13.5 Å². The van der Waals surface area contributed by atoms with E-state index in [1.165, 1.54) is 25.4 Å². The molecule has 0 amide bonds. The van der Waals surface area contributed by atoms with Gasteiger partial charge in [-0.05, 0) is 29.8 Å². The van der Waals surface area contributed by atoms with Crippen molar-refractivity contribution in [2.24, 2.45) is 0 Å². The summed E-state index contributed by atoms with van der Waals surface area (Å²) < 4.78 is 30.8. The number of benzene rings is 1. The molecule has 2 rings (SSSR count). The molecule has 0 saturated heterocycles. The fraction of sp³-hybridized carbons (Fsp3) is 0.154. The van der Waals surface area contributed by atoms with Crippen LogP contribution in [0.3, 0.4) is 0 Å². The normalized spacial score (nSPS) is 10.2. The molecule has 1 N–H and O–H groups in total. The van der Waals surface area contributed by atoms with Crippen LogP contribution in [0.15, 0.2) is 36.5 Å². The van der Waals surface area contributed by atoms with Gasteiger partial charge in [-0.3, -0.25) is 0 Å². The fourth-order valence-corrected chi connectivity index (χ4v) is 1.50. The van der Waals surface area contributed by atoms with Crippen molar-refractivity contribution in [3.05, 3.63) is 53.9 Å². The highest BCUT2D eigenvalue weighted by molar-refractivity contribution is 5.41. The largest absolute Gasteiger partial charge is 0.494 e. The van der Waals surface area contributed by atoms with Gasteiger partial charge in [-0.2, -0.15) is 4.39 Å². The maximum absolute atomic E-state index is 13.4. The van der Waals surface area contributed by atoms with E-state index in [2.05, 4.69) is 10.3 Å². The smallest absolute Gasteiger partial charge is 0.212 e. The van der Waals surface area contributed by atoms with E-state index in [0.717, 1.165) is 5.56 Å². The monoisotopic (exact) mass is 250 g/mol. The summed E-state index contributed by atoms with van der Waals surface area (Å²) in [6, 6.07) is 7.54. The number of ether oxygens (including phenoxy) is 1. The average Bonchev–Trinajstić information content (AvgIpc) is 2.38. The van der Waals surface area contributed by atoms with Gasteiger partial charge in [0.2, 0.25) is 5.95 Å². The molecule has 0 saturated carbocycles. The van der Waals surface area contributed by atoms with E-state index in [1.54, 1.807) is 18.2 Å². The van der Waals surface area contributed by atoms with Crippen LogP contribution in [0.1, 0.15) is 5.56 Å². The van der Waals surface area contributed by atoms with Gasteiger partial charge in [-0.15, -0.1) is 0 Å². The molecule has 2 aromatic rings. The third-order valence-corrected chi connectivity index (χ3v) is 2.44. The molecule has 1 aromatic carbocycles. The first-order valence-corrected chi connectivity index (χ1v) is 5.37. The zero-order chi connectivity index (χ0) is 13.0. The molecule has 0 aliphatic rings. The van der Waals surface area contributed by atoms with E-state index in [9.17, 15) is 8.78 Å². The number of pyridine rings is 1. The first-order chi connectivity index (χ1) is 8.69. The predicted octanol–water partition coefficient (Wildman–Crippen LogP) is 2.98. The molecule has 18 heavy (non-hydrogen) atoms. The highest BCUT2D eigenvalue weighted by Crippen LogP contribution is 2.18. The highest BCUT2D eigenvalue weighted by atomic mass is 19.1. The summed E-state index contributed by atoms with van der Waals surface area (Å²) in [7, 11) is 1.42. The van der Waals surface area contributed by atoms with Crippen LogP contribution in [0.5, 0.6) is 5.75 Å². The molecule has 0 aliphatic carbocycles. The van der Waals surface area contributed by atoms with Gasteiger partial charge >= 0.3 is 0 Å². The molecule has 3 nitrogen and oxygen atoms in total. The summed E-state index contributed by atoms with van der Waals surface area (Å²) in [6.07, 6.45) is 1.38. The first-order valence-electron chi connectivity index (χ1n) is 5.37. The standard InChI is InChI=1S/C13H12F2N2O/c1-18-12-4-2-9(6-11(12)14)7-16-10-3-5-13(15)17-8-10/h2-6,8,16H,7H2,1H3. The number of halogens is 2. The van der Waals surface area contributed by atoms with Gasteiger partial charge in [0.15, 0.2) is 11.6 Å². The lowest BCUT2D eigenvalue weighted by Crippen LogP contribution is -2.01. The lowest BCUT2D eigenvalue weighted by Gasteiger charge is -2.07. The molecule has 0 unspecified atom stereocenters. The van der Waals surface area contributed by atoms with Gasteiger partial charge in [-0.25, -0.2) is 9.37 Å². The number of nitrogens with zero attached hydrogens (tertiary/aromatic N) is 1. The molecule has 5 heteroatoms. The second-order valence-electron chi connectivity index (χ2n) is 3.69. The van der Waals surface area contributed by atoms with E-state index in [-0.39, 0.29) is 5.75 Å². The van der Waals surface area contributed by atoms with Crippen molar-refractivity contribution >= 4 is 5.69 Å². The Morgan fingerprint density at radius 1 is 1.22 bits per heavy atom. The molecule has 0 spiro atoms. The van der Waals surface area contributed by atoms with Gasteiger partial charge in [0.05, 0.1) is 19.0 Å². The number of nitrogens with one attached hydrogen (secondary N) is 1. The number of rotatable bonds is 4. The van der Waals surface area contributed by atoms with Crippen molar-refractivity contribution in [3.63, 3.8) is 0 Å². The molecule has 1 heterocycles. The first kappa shape index (κ1) is 12.3. The third-order valence-electron chi connectivity index (χ3n) is 2.44. The van der Waals surface area contributed by atoms with Gasteiger partial charge in [0.1, 0.15) is 0 Å². The lowest BCUT2D eigenvalue weighted by atomic mass is 10.2. The molecule has 94 valence electrons. The van der Waals surface area contributed by atoms with Crippen LogP contribution in [0, 0.1) is 11.8 Å². The Morgan fingerprint density at radius 2 is 2.06 bits per heavy atom. The Bertz CT molecular complexity index is 529. The molecule has 0 atom stereocenters. The Kier molecular flexibility index (Phi) is 3.72. The minimum Gasteiger partial charge on any atom is -0.494 e. The van der Waals surface area contributed by atoms with Crippen molar-refractivity contribution in [1.82, 2.24) is 4.98 Å². The number of anilines is 1. The summed E-state index contributed by atoms with van der Waals surface area (Å²) in [4.78, 5) is 3.51. The molecule has 0 fully saturated rings. The zero-order valence-corrected chi connectivity index (χ0v) is 9.78. The Hall–Kier alpha value is -2.17. The summed E-state index contributed by atoms with van der Waals surface area (Å²) in [6.45, 7) is 0.425. The van der Waals surface area contributed by atoms with Gasteiger partial charge < -0.3 is 10.1 Å². The van der Waals surface area contributed by atoms with Crippen LogP contribution >= 0.6 is 0 Å². The molecule has 1 aromatic heterocycles. The van der Waals surface area contributed by atoms with Crippen LogP contribution in [0.2, 0.25) is 0 Å². The summed E-state index contributed by atoms with van der Waals surface area (Å²) in [5.41, 5.74) is 1.44. The quantitative estimate of drug-likeness (QED) is 0.847. The van der Waals surface area contributed by atoms with E-state index < -0.39 is 11.8 Å². The van der Waals surface area contributed by atoms with E-state index in [0.29, 0.717) is 12.2 Å². The fourth-order valence-electron chi connectivity index (χ4n) is 1.50. The van der Waals surface area contributed by atoms with Crippen molar-refractivity contribution in [3.8, 4) is 5.75 Å². The van der Waals surface area contributed by atoms with Crippen molar-refractivity contribution in [2.75, 3.05) is 12.4 Å². The van der Waals surface area contributed by atoms with Crippen molar-refractivity contribution in [1.29, 1.82) is 0 Å². The Labute approximate surface area is 103 Å². The summed E-state index contributed by atoms with van der Waals surface area (Å²) in [5.74, 6) is -0.729. The SMILES string of the molecule is COc1ccc(CNc2ccc(F)nc2)cc1F. The van der Waals surface area contributed by atoms with Crippen LogP contribution < -0.4 is 10.1 Å². The Balaban J connectivity index is 2.02. The number of methoxy groups -OCH3 is 1. The minimum atomic E-state index is -0.531. The average molecular weight is 250 g/mol. The van der Waals surface area contributed by atoms with Crippen LogP contribution in [0.25, 0.3) is 0 Å². The van der Waals surface area contributed by atoms with Gasteiger partial charge in [0, 0.05) is 6.54 Å². The Morgan fingerprint density at radius 3 is 2.67 bits per heavy atom. The van der Waals surface area contributed by atoms with Crippen LogP contribution in [0.4, 0.5) is 14.5 Å². The summed E-state index contributed by atoms with van der Waals surface area (Å²) >= 11 is 0. The molecule has 0 bridgehead atoms. The second kappa shape index (κ2) is 5.44. The van der Waals surface area contributed by atoms with E-state index >= 15 is 0 Å². The van der Waals surface area contributed by atoms with E-state index in [4.69, 9.17) is 4.74 Å². The number of aromatic nitrogens is 1. The molecule has 0 radical (unpaired) electrons. The predicted molar refractivity (Wildman–Crippen MR) is 64.5 cm³/mol. The topological polar surface area (TPSA) is 34.1 Å². The van der Waals surface area contributed by atoms with Crippen LogP contribution in [-0.4, -0.2) is 12.1 Å². The molecule has 0 aliphatic heterocycles. The van der Waals surface area contributed by atoms with E-state index in [1.807, 2.05) is 0 Å². The molecular weight excluding hydrogens is 238 g/mol. The van der Waals surface area contributed by atoms with Crippen molar-refractivity contribution in [2.45, 2.75) is 6.54 Å². The maximum atomic E-state index is 13.4. The number of hydrogen-bond acceptors (Lipinski definition) is 3. The maximum Gasteiger partial charge on any atom is 0.212 e. The van der Waals surface area contributed by atoms with Crippen LogP contribution in [-0.2, 0) is 6.54 Å². The van der Waals surface area contributed by atoms with Gasteiger partial charge in [-0.1, -0.05) is 6.07 Å². The summed E-state index contributed by atoms with van der Waals surface area (Å²) in [5, 5.41) is 3.02.